The van der Waals surface area contributed by atoms with E-state index in [1.165, 1.54) is 17.0 Å². The summed E-state index contributed by atoms with van der Waals surface area (Å²) in [4.78, 5) is 29.0. The van der Waals surface area contributed by atoms with E-state index in [1.54, 1.807) is 66.7 Å². The van der Waals surface area contributed by atoms with Crippen LogP contribution in [0.2, 0.25) is 5.02 Å². The van der Waals surface area contributed by atoms with E-state index in [1.807, 2.05) is 12.1 Å². The number of amides is 2. The largest absolute Gasteiger partial charge is 0.352 e. The van der Waals surface area contributed by atoms with Crippen LogP contribution in [0, 0.1) is 5.82 Å². The molecule has 1 aliphatic heterocycles. The Morgan fingerprint density at radius 3 is 2.35 bits per heavy atom. The molecule has 37 heavy (non-hydrogen) atoms. The number of carbonyl (C=O) groups excluding carboxylic acids is 2. The zero-order chi connectivity index (χ0) is 25.9. The Labute approximate surface area is 221 Å². The van der Waals surface area contributed by atoms with Crippen LogP contribution in [0.3, 0.4) is 0 Å². The molecule has 5 rings (SSSR count). The highest BCUT2D eigenvalue weighted by Crippen LogP contribution is 2.36. The van der Waals surface area contributed by atoms with Crippen LogP contribution in [0.1, 0.15) is 31.8 Å². The Morgan fingerprint density at radius 1 is 0.892 bits per heavy atom. The summed E-state index contributed by atoms with van der Waals surface area (Å²) >= 11 is 5.93. The minimum Gasteiger partial charge on any atom is -0.352 e. The van der Waals surface area contributed by atoms with Crippen molar-refractivity contribution in [3.8, 4) is 0 Å². The van der Waals surface area contributed by atoms with E-state index in [-0.39, 0.29) is 24.2 Å². The molecule has 0 fully saturated rings. The molecular weight excluding hydrogens is 511 g/mol. The molecule has 0 unspecified atom stereocenters. The number of anilines is 1. The molecule has 1 heterocycles. The van der Waals surface area contributed by atoms with Crippen molar-refractivity contribution < 1.29 is 18.2 Å². The lowest BCUT2D eigenvalue weighted by Crippen LogP contribution is -2.31. The number of nitrogens with zero attached hydrogens (tertiary/aromatic N) is 1. The van der Waals surface area contributed by atoms with E-state index in [0.29, 0.717) is 50.2 Å². The Hall–Kier alpha value is -3.81. The lowest BCUT2D eigenvalue weighted by atomic mass is 10.1. The molecule has 8 heteroatoms. The first-order chi connectivity index (χ1) is 17.9. The normalized spacial score (nSPS) is 14.5. The highest BCUT2D eigenvalue weighted by molar-refractivity contribution is 7.85. The Balaban J connectivity index is 1.46. The van der Waals surface area contributed by atoms with Crippen LogP contribution >= 0.6 is 11.6 Å². The van der Waals surface area contributed by atoms with Gasteiger partial charge in [-0.3, -0.25) is 9.59 Å². The van der Waals surface area contributed by atoms with Crippen molar-refractivity contribution in [2.24, 2.45) is 0 Å². The maximum absolute atomic E-state index is 13.7. The predicted molar refractivity (Wildman–Crippen MR) is 142 cm³/mol. The van der Waals surface area contributed by atoms with Crippen molar-refractivity contribution in [1.82, 2.24) is 5.32 Å². The molecule has 1 aliphatic rings. The van der Waals surface area contributed by atoms with Gasteiger partial charge in [0.15, 0.2) is 0 Å². The summed E-state index contributed by atoms with van der Waals surface area (Å²) < 4.78 is 27.0. The number of benzene rings is 4. The number of halogens is 2. The zero-order valence-corrected chi connectivity index (χ0v) is 21.2. The number of carbonyl (C=O) groups is 2. The smallest absolute Gasteiger partial charge is 0.259 e. The first-order valence-electron chi connectivity index (χ1n) is 11.6. The van der Waals surface area contributed by atoms with Gasteiger partial charge in [0.25, 0.3) is 11.8 Å². The molecule has 0 spiro atoms. The van der Waals surface area contributed by atoms with Crippen LogP contribution in [0.5, 0.6) is 0 Å². The minimum atomic E-state index is -1.63. The first-order valence-corrected chi connectivity index (χ1v) is 13.2. The quantitative estimate of drug-likeness (QED) is 0.342. The average Bonchev–Trinajstić information content (AvgIpc) is 3.00. The van der Waals surface area contributed by atoms with Gasteiger partial charge in [-0.25, -0.2) is 8.60 Å². The van der Waals surface area contributed by atoms with Gasteiger partial charge in [0.05, 0.1) is 38.4 Å². The monoisotopic (exact) mass is 532 g/mol. The van der Waals surface area contributed by atoms with Gasteiger partial charge >= 0.3 is 0 Å². The third-order valence-electron chi connectivity index (χ3n) is 6.14. The Bertz CT molecular complexity index is 1510. The van der Waals surface area contributed by atoms with Crippen molar-refractivity contribution in [2.45, 2.75) is 22.8 Å². The molecule has 0 saturated carbocycles. The van der Waals surface area contributed by atoms with Gasteiger partial charge in [0.1, 0.15) is 5.82 Å². The lowest BCUT2D eigenvalue weighted by molar-refractivity contribution is 0.0950. The van der Waals surface area contributed by atoms with E-state index < -0.39 is 10.8 Å². The number of hydrogen-bond donors (Lipinski definition) is 1. The number of rotatable bonds is 6. The van der Waals surface area contributed by atoms with E-state index in [9.17, 15) is 18.2 Å². The van der Waals surface area contributed by atoms with Gasteiger partial charge in [-0.15, -0.1) is 0 Å². The highest BCUT2D eigenvalue weighted by atomic mass is 35.5. The van der Waals surface area contributed by atoms with Gasteiger partial charge in [0, 0.05) is 17.1 Å². The molecule has 0 bridgehead atoms. The van der Waals surface area contributed by atoms with Gasteiger partial charge in [-0.2, -0.15) is 0 Å². The van der Waals surface area contributed by atoms with E-state index >= 15 is 0 Å². The highest BCUT2D eigenvalue weighted by Gasteiger charge is 2.31. The SMILES string of the molecule is O=C(NCCc1ccc(Cl)cc1)c1ccc2c(c1)N(Cc1ccc(F)cc1)C(=O)c1ccccc1[S@]2=O. The fraction of sp³-hybridized carbons (Fsp3) is 0.103. The molecule has 0 aliphatic carbocycles. The Kier molecular flexibility index (Phi) is 7.17. The van der Waals surface area contributed by atoms with Crippen molar-refractivity contribution in [1.29, 1.82) is 0 Å². The average molecular weight is 533 g/mol. The van der Waals surface area contributed by atoms with Crippen LogP contribution < -0.4 is 10.2 Å². The zero-order valence-electron chi connectivity index (χ0n) is 19.6. The lowest BCUT2D eigenvalue weighted by Gasteiger charge is -2.23. The molecule has 4 aromatic rings. The molecule has 4 aromatic carbocycles. The standard InChI is InChI=1S/C29H22ClFN2O3S/c30-22-10-5-19(6-11-22)15-16-32-28(34)21-9-14-27-25(17-21)33(18-20-7-12-23(31)13-8-20)29(35)24-3-1-2-4-26(24)37(27)36/h1-14,17H,15-16,18H2,(H,32,34)/t37-/m1/s1. The Morgan fingerprint density at radius 2 is 1.59 bits per heavy atom. The first kappa shape index (κ1) is 24.9. The summed E-state index contributed by atoms with van der Waals surface area (Å²) in [6, 6.07) is 24.9. The second-order valence-electron chi connectivity index (χ2n) is 8.60. The maximum atomic E-state index is 13.7. The number of hydrogen-bond acceptors (Lipinski definition) is 3. The molecule has 1 N–H and O–H groups in total. The van der Waals surface area contributed by atoms with Gasteiger partial charge in [-0.1, -0.05) is 48.0 Å². The fourth-order valence-corrected chi connectivity index (χ4v) is 5.68. The van der Waals surface area contributed by atoms with Crippen molar-refractivity contribution >= 4 is 39.9 Å². The third-order valence-corrected chi connectivity index (χ3v) is 7.89. The predicted octanol–water partition coefficient (Wildman–Crippen LogP) is 5.78. The fourth-order valence-electron chi connectivity index (χ4n) is 4.21. The summed E-state index contributed by atoms with van der Waals surface area (Å²) in [5, 5.41) is 3.55. The van der Waals surface area contributed by atoms with Crippen LogP contribution in [-0.4, -0.2) is 22.6 Å². The second kappa shape index (κ2) is 10.7. The molecule has 1 atom stereocenters. The van der Waals surface area contributed by atoms with Crippen molar-refractivity contribution in [3.05, 3.63) is 124 Å². The summed E-state index contributed by atoms with van der Waals surface area (Å²) in [6.07, 6.45) is 0.627. The van der Waals surface area contributed by atoms with Crippen LogP contribution in [-0.2, 0) is 23.8 Å². The number of fused-ring (bicyclic) bond motifs is 2. The molecule has 5 nitrogen and oxygen atoms in total. The van der Waals surface area contributed by atoms with Crippen molar-refractivity contribution in [2.75, 3.05) is 11.4 Å². The summed E-state index contributed by atoms with van der Waals surface area (Å²) in [7, 11) is -1.63. The summed E-state index contributed by atoms with van der Waals surface area (Å²) in [5.74, 6) is -1.03. The van der Waals surface area contributed by atoms with Gasteiger partial charge in [-0.05, 0) is 72.1 Å². The van der Waals surface area contributed by atoms with Crippen LogP contribution in [0.4, 0.5) is 10.1 Å². The summed E-state index contributed by atoms with van der Waals surface area (Å²) in [5.41, 5.74) is 2.79. The maximum Gasteiger partial charge on any atom is 0.259 e. The third kappa shape index (κ3) is 5.33. The molecule has 0 radical (unpaired) electrons. The molecular formula is C29H22ClFN2O3S. The second-order valence-corrected chi connectivity index (χ2v) is 10.5. The molecule has 2 amide bonds. The van der Waals surface area contributed by atoms with E-state index in [0.717, 1.165) is 5.56 Å². The van der Waals surface area contributed by atoms with Crippen molar-refractivity contribution in [3.63, 3.8) is 0 Å². The molecule has 186 valence electrons. The molecule has 0 saturated heterocycles. The van der Waals surface area contributed by atoms with Gasteiger partial charge < -0.3 is 10.2 Å². The topological polar surface area (TPSA) is 66.5 Å². The van der Waals surface area contributed by atoms with E-state index in [4.69, 9.17) is 11.6 Å². The number of nitrogens with one attached hydrogen (secondary N) is 1. The van der Waals surface area contributed by atoms with Crippen LogP contribution in [0.25, 0.3) is 0 Å². The molecule has 0 aromatic heterocycles. The van der Waals surface area contributed by atoms with Gasteiger partial charge in [0.2, 0.25) is 0 Å². The van der Waals surface area contributed by atoms with E-state index in [2.05, 4.69) is 5.32 Å². The summed E-state index contributed by atoms with van der Waals surface area (Å²) in [6.45, 7) is 0.534. The van der Waals surface area contributed by atoms with Crippen LogP contribution in [0.15, 0.2) is 101 Å². The minimum absolute atomic E-state index is 0.124.